The van der Waals surface area contributed by atoms with Crippen LogP contribution < -0.4 is 0 Å². The molecule has 0 N–H and O–H groups in total. The van der Waals surface area contributed by atoms with E-state index in [2.05, 4.69) is 0 Å². The van der Waals surface area contributed by atoms with E-state index in [-0.39, 0.29) is 41.3 Å². The van der Waals surface area contributed by atoms with Gasteiger partial charge in [-0.05, 0) is 18.3 Å². The normalized spacial score (nSPS) is 29.2. The molecular weight excluding hydrogens is 322 g/mol. The summed E-state index contributed by atoms with van der Waals surface area (Å²) in [5.74, 6) is -2.11. The molecule has 6 nitrogen and oxygen atoms in total. The van der Waals surface area contributed by atoms with Crippen LogP contribution in [0.5, 0.6) is 0 Å². The van der Waals surface area contributed by atoms with Crippen molar-refractivity contribution in [2.24, 2.45) is 23.7 Å². The average Bonchev–Trinajstić information content (AvgIpc) is 3.30. The maximum atomic E-state index is 12.5. The Bertz CT molecular complexity index is 754. The molecule has 2 bridgehead atoms. The Morgan fingerprint density at radius 2 is 1.60 bits per heavy atom. The Kier molecular flexibility index (Phi) is 3.75. The minimum atomic E-state index is -0.744. The van der Waals surface area contributed by atoms with Gasteiger partial charge in [0, 0.05) is 5.56 Å². The first-order valence-electron chi connectivity index (χ1n) is 8.33. The van der Waals surface area contributed by atoms with Gasteiger partial charge in [0.15, 0.2) is 12.4 Å². The van der Waals surface area contributed by atoms with E-state index in [1.54, 1.807) is 30.3 Å². The number of carbonyl (C=O) groups is 4. The SMILES string of the molecule is O=C(CN1C(=O)[C@@H]2[C@@H](C1=O)[C@@H]1C=C[C@@H]2C1)OCC(=O)c1ccccc1. The van der Waals surface area contributed by atoms with Gasteiger partial charge in [-0.15, -0.1) is 0 Å². The Balaban J connectivity index is 1.35. The second-order valence-corrected chi connectivity index (χ2v) is 6.71. The van der Waals surface area contributed by atoms with Gasteiger partial charge in [0.2, 0.25) is 11.8 Å². The molecule has 128 valence electrons. The molecular formula is C19H17NO5. The smallest absolute Gasteiger partial charge is 0.326 e. The molecule has 0 radical (unpaired) electrons. The number of ether oxygens (including phenoxy) is 1. The first-order valence-corrected chi connectivity index (χ1v) is 8.33. The van der Waals surface area contributed by atoms with Crippen LogP contribution in [0.4, 0.5) is 0 Å². The van der Waals surface area contributed by atoms with E-state index in [1.165, 1.54) is 0 Å². The Labute approximate surface area is 144 Å². The first-order chi connectivity index (χ1) is 12.1. The van der Waals surface area contributed by atoms with Crippen LogP contribution in [0.3, 0.4) is 0 Å². The van der Waals surface area contributed by atoms with Crippen LogP contribution in [-0.2, 0) is 19.1 Å². The molecule has 0 aromatic heterocycles. The van der Waals surface area contributed by atoms with Crippen molar-refractivity contribution in [2.75, 3.05) is 13.2 Å². The highest BCUT2D eigenvalue weighted by molar-refractivity contribution is 6.08. The van der Waals surface area contributed by atoms with Crippen molar-refractivity contribution in [1.82, 2.24) is 4.90 Å². The zero-order valence-electron chi connectivity index (χ0n) is 13.5. The number of allylic oxidation sites excluding steroid dienone is 2. The third kappa shape index (κ3) is 2.58. The van der Waals surface area contributed by atoms with Crippen LogP contribution in [0.25, 0.3) is 0 Å². The molecule has 2 fully saturated rings. The molecule has 1 aromatic carbocycles. The monoisotopic (exact) mass is 339 g/mol. The van der Waals surface area contributed by atoms with Gasteiger partial charge in [-0.2, -0.15) is 0 Å². The van der Waals surface area contributed by atoms with Crippen molar-refractivity contribution >= 4 is 23.6 Å². The lowest BCUT2D eigenvalue weighted by atomic mass is 9.85. The molecule has 1 saturated carbocycles. The number of fused-ring (bicyclic) bond motifs is 5. The van der Waals surface area contributed by atoms with E-state index in [1.807, 2.05) is 12.2 Å². The molecule has 1 saturated heterocycles. The number of Topliss-reactive ketones (excluding diaryl/α,β-unsaturated/α-hetero) is 1. The molecule has 1 aliphatic heterocycles. The van der Waals surface area contributed by atoms with Crippen LogP contribution in [0.2, 0.25) is 0 Å². The second kappa shape index (κ2) is 5.95. The molecule has 2 aliphatic carbocycles. The second-order valence-electron chi connectivity index (χ2n) is 6.71. The Morgan fingerprint density at radius 1 is 1.00 bits per heavy atom. The number of carbonyl (C=O) groups excluding carboxylic acids is 4. The van der Waals surface area contributed by atoms with Gasteiger partial charge < -0.3 is 4.74 Å². The summed E-state index contributed by atoms with van der Waals surface area (Å²) in [6, 6.07) is 8.49. The van der Waals surface area contributed by atoms with Crippen molar-refractivity contribution in [1.29, 1.82) is 0 Å². The molecule has 3 aliphatic rings. The Morgan fingerprint density at radius 3 is 2.20 bits per heavy atom. The summed E-state index contributed by atoms with van der Waals surface area (Å²) >= 11 is 0. The molecule has 2 amide bonds. The van der Waals surface area contributed by atoms with E-state index in [9.17, 15) is 19.2 Å². The maximum absolute atomic E-state index is 12.5. The lowest BCUT2D eigenvalue weighted by Gasteiger charge is -2.16. The minimum Gasteiger partial charge on any atom is -0.456 e. The van der Waals surface area contributed by atoms with Crippen LogP contribution in [0.15, 0.2) is 42.5 Å². The minimum absolute atomic E-state index is 0.104. The molecule has 4 rings (SSSR count). The molecule has 0 spiro atoms. The number of hydrogen-bond donors (Lipinski definition) is 0. The number of esters is 1. The van der Waals surface area contributed by atoms with Gasteiger partial charge in [-0.25, -0.2) is 0 Å². The number of ketones is 1. The topological polar surface area (TPSA) is 80.8 Å². The largest absolute Gasteiger partial charge is 0.456 e. The molecule has 4 atom stereocenters. The summed E-state index contributed by atoms with van der Waals surface area (Å²) in [6.07, 6.45) is 4.84. The van der Waals surface area contributed by atoms with E-state index >= 15 is 0 Å². The zero-order chi connectivity index (χ0) is 17.6. The van der Waals surface area contributed by atoms with Crippen molar-refractivity contribution in [2.45, 2.75) is 6.42 Å². The number of amides is 2. The summed E-state index contributed by atoms with van der Waals surface area (Å²) in [7, 11) is 0. The quantitative estimate of drug-likeness (QED) is 0.349. The summed E-state index contributed by atoms with van der Waals surface area (Å²) in [5, 5.41) is 0. The highest BCUT2D eigenvalue weighted by Gasteiger charge is 2.59. The predicted octanol–water partition coefficient (Wildman–Crippen LogP) is 1.22. The number of nitrogens with zero attached hydrogens (tertiary/aromatic N) is 1. The first kappa shape index (κ1) is 15.7. The number of benzene rings is 1. The van der Waals surface area contributed by atoms with Crippen LogP contribution in [-0.4, -0.2) is 41.6 Å². The number of likely N-dealkylation sites (tertiary alicyclic amines) is 1. The summed E-state index contributed by atoms with van der Waals surface area (Å²) in [4.78, 5) is 49.9. The Hall–Kier alpha value is -2.76. The number of rotatable bonds is 5. The third-order valence-electron chi connectivity index (χ3n) is 5.31. The number of hydrogen-bond acceptors (Lipinski definition) is 5. The highest BCUT2D eigenvalue weighted by Crippen LogP contribution is 2.52. The van der Waals surface area contributed by atoms with Crippen LogP contribution >= 0.6 is 0 Å². The molecule has 1 aromatic rings. The van der Waals surface area contributed by atoms with E-state index < -0.39 is 19.1 Å². The van der Waals surface area contributed by atoms with Gasteiger partial charge in [-0.1, -0.05) is 42.5 Å². The fourth-order valence-corrected chi connectivity index (χ4v) is 4.15. The summed E-state index contributed by atoms with van der Waals surface area (Å²) in [5.41, 5.74) is 0.445. The van der Waals surface area contributed by atoms with E-state index in [0.29, 0.717) is 5.56 Å². The van der Waals surface area contributed by atoms with E-state index in [4.69, 9.17) is 4.74 Å². The van der Waals surface area contributed by atoms with Crippen molar-refractivity contribution < 1.29 is 23.9 Å². The molecule has 6 heteroatoms. The van der Waals surface area contributed by atoms with Crippen molar-refractivity contribution in [3.63, 3.8) is 0 Å². The highest BCUT2D eigenvalue weighted by atomic mass is 16.5. The van der Waals surface area contributed by atoms with E-state index in [0.717, 1.165) is 11.3 Å². The molecule has 0 unspecified atom stereocenters. The standard InChI is InChI=1S/C19H17NO5/c21-14(11-4-2-1-3-5-11)10-25-15(22)9-20-18(23)16-12-6-7-13(8-12)17(16)19(20)24/h1-7,12-13,16-17H,8-10H2/t12-,13-,16+,17+/m1/s1. The number of imide groups is 1. The third-order valence-corrected chi connectivity index (χ3v) is 5.31. The lowest BCUT2D eigenvalue weighted by Crippen LogP contribution is -2.38. The summed E-state index contributed by atoms with van der Waals surface area (Å²) < 4.78 is 4.96. The fourth-order valence-electron chi connectivity index (χ4n) is 4.15. The van der Waals surface area contributed by atoms with Gasteiger partial charge in [0.1, 0.15) is 6.54 Å². The summed E-state index contributed by atoms with van der Waals surface area (Å²) in [6.45, 7) is -0.828. The van der Waals surface area contributed by atoms with Gasteiger partial charge in [0.05, 0.1) is 11.8 Å². The van der Waals surface area contributed by atoms with Crippen molar-refractivity contribution in [3.8, 4) is 0 Å². The van der Waals surface area contributed by atoms with Crippen LogP contribution in [0.1, 0.15) is 16.8 Å². The molecule has 25 heavy (non-hydrogen) atoms. The lowest BCUT2D eigenvalue weighted by molar-refractivity contribution is -0.152. The fraction of sp³-hybridized carbons (Fsp3) is 0.368. The maximum Gasteiger partial charge on any atom is 0.326 e. The average molecular weight is 339 g/mol. The van der Waals surface area contributed by atoms with Crippen LogP contribution in [0, 0.1) is 23.7 Å². The van der Waals surface area contributed by atoms with Crippen molar-refractivity contribution in [3.05, 3.63) is 48.0 Å². The van der Waals surface area contributed by atoms with Gasteiger partial charge >= 0.3 is 5.97 Å². The predicted molar refractivity (Wildman–Crippen MR) is 86.2 cm³/mol. The van der Waals surface area contributed by atoms with Gasteiger partial charge in [-0.3, -0.25) is 24.1 Å². The zero-order valence-corrected chi connectivity index (χ0v) is 13.5. The molecule has 1 heterocycles. The van der Waals surface area contributed by atoms with Gasteiger partial charge in [0.25, 0.3) is 0 Å².